The lowest BCUT2D eigenvalue weighted by molar-refractivity contribution is -0.132. The van der Waals surface area contributed by atoms with Crippen LogP contribution in [0.2, 0.25) is 0 Å². The van der Waals surface area contributed by atoms with Crippen molar-refractivity contribution in [3.63, 3.8) is 0 Å². The van der Waals surface area contributed by atoms with Gasteiger partial charge in [0.2, 0.25) is 5.91 Å². The van der Waals surface area contributed by atoms with E-state index in [0.717, 1.165) is 34.9 Å². The number of fused-ring (bicyclic) bond motifs is 1. The van der Waals surface area contributed by atoms with Crippen molar-refractivity contribution in [2.45, 2.75) is 38.5 Å². The minimum absolute atomic E-state index is 0.0473. The Morgan fingerprint density at radius 2 is 1.74 bits per heavy atom. The Balaban J connectivity index is 1.77. The Labute approximate surface area is 223 Å². The molecule has 1 fully saturated rings. The Kier molecular flexibility index (Phi) is 8.39. The lowest BCUT2D eigenvalue weighted by atomic mass is 9.80. The summed E-state index contributed by atoms with van der Waals surface area (Å²) >= 11 is 0. The number of H-pyrrole nitrogens is 1. The van der Waals surface area contributed by atoms with E-state index in [0.29, 0.717) is 29.3 Å². The molecule has 2 amide bonds. The van der Waals surface area contributed by atoms with Crippen LogP contribution in [0.3, 0.4) is 0 Å². The van der Waals surface area contributed by atoms with Gasteiger partial charge in [-0.2, -0.15) is 0 Å². The molecule has 1 saturated carbocycles. The zero-order valence-electron chi connectivity index (χ0n) is 22.8. The highest BCUT2D eigenvalue weighted by Gasteiger charge is 2.33. The maximum Gasteiger partial charge on any atom is 0.337 e. The molecule has 2 aromatic carbocycles. The van der Waals surface area contributed by atoms with Gasteiger partial charge < -0.3 is 24.7 Å². The molecule has 8 nitrogen and oxygen atoms in total. The van der Waals surface area contributed by atoms with E-state index >= 15 is 0 Å². The van der Waals surface area contributed by atoms with E-state index in [1.165, 1.54) is 27.1 Å². The van der Waals surface area contributed by atoms with Gasteiger partial charge in [0.05, 0.1) is 19.8 Å². The Bertz CT molecular complexity index is 1320. The van der Waals surface area contributed by atoms with Crippen molar-refractivity contribution >= 4 is 28.7 Å². The van der Waals surface area contributed by atoms with Gasteiger partial charge in [-0.25, -0.2) is 4.79 Å². The number of carbonyl (C=O) groups excluding carboxylic acids is 3. The zero-order valence-corrected chi connectivity index (χ0v) is 22.8. The van der Waals surface area contributed by atoms with Crippen molar-refractivity contribution < 1.29 is 23.9 Å². The van der Waals surface area contributed by atoms with Gasteiger partial charge in [-0.15, -0.1) is 0 Å². The van der Waals surface area contributed by atoms with Gasteiger partial charge in [0, 0.05) is 60.7 Å². The van der Waals surface area contributed by atoms with Crippen LogP contribution in [0.5, 0.6) is 5.75 Å². The van der Waals surface area contributed by atoms with Crippen LogP contribution >= 0.6 is 0 Å². The molecule has 2 unspecified atom stereocenters. The fourth-order valence-corrected chi connectivity index (χ4v) is 5.56. The van der Waals surface area contributed by atoms with Gasteiger partial charge in [-0.1, -0.05) is 25.8 Å². The monoisotopic (exact) mass is 519 g/mol. The van der Waals surface area contributed by atoms with Crippen LogP contribution in [0.1, 0.15) is 70.4 Å². The molecule has 3 aromatic rings. The quantitative estimate of drug-likeness (QED) is 0.398. The Morgan fingerprint density at radius 3 is 2.39 bits per heavy atom. The largest absolute Gasteiger partial charge is 0.496 e. The predicted octanol–water partition coefficient (Wildman–Crippen LogP) is 4.74. The summed E-state index contributed by atoms with van der Waals surface area (Å²) in [6.45, 7) is 2.58. The number of ether oxygens (including phenoxy) is 2. The molecule has 1 heterocycles. The van der Waals surface area contributed by atoms with Gasteiger partial charge in [0.1, 0.15) is 5.75 Å². The molecule has 2 atom stereocenters. The number of carbonyl (C=O) groups is 3. The van der Waals surface area contributed by atoms with Gasteiger partial charge in [-0.3, -0.25) is 9.59 Å². The van der Waals surface area contributed by atoms with Crippen molar-refractivity contribution in [3.8, 4) is 5.75 Å². The second-order valence-electron chi connectivity index (χ2n) is 10.3. The highest BCUT2D eigenvalue weighted by Crippen LogP contribution is 2.41. The van der Waals surface area contributed by atoms with E-state index < -0.39 is 17.8 Å². The summed E-state index contributed by atoms with van der Waals surface area (Å²) in [5.74, 6) is -0.443. The first kappa shape index (κ1) is 27.2. The first-order valence-electron chi connectivity index (χ1n) is 13.1. The molecule has 38 heavy (non-hydrogen) atoms. The average molecular weight is 520 g/mol. The normalized spacial score (nSPS) is 15.2. The number of hydrogen-bond donors (Lipinski definition) is 2. The van der Waals surface area contributed by atoms with Crippen molar-refractivity contribution in [3.05, 3.63) is 64.8 Å². The first-order valence-corrected chi connectivity index (χ1v) is 13.1. The van der Waals surface area contributed by atoms with Crippen LogP contribution in [-0.4, -0.2) is 62.5 Å². The highest BCUT2D eigenvalue weighted by atomic mass is 16.5. The molecule has 1 aromatic heterocycles. The SMILES string of the molecule is COC(=O)c1ccc(C(c2c[nH]c3ccc(C(=O)NCC4CCCC4)cc23)C(C)C(=O)N(C)C)c(OC)c1. The number of rotatable bonds is 9. The summed E-state index contributed by atoms with van der Waals surface area (Å²) in [7, 11) is 6.33. The van der Waals surface area contributed by atoms with E-state index in [1.807, 2.05) is 37.4 Å². The Hall–Kier alpha value is -3.81. The molecule has 4 rings (SSSR count). The molecule has 8 heteroatoms. The van der Waals surface area contributed by atoms with E-state index in [9.17, 15) is 14.4 Å². The second kappa shape index (κ2) is 11.7. The summed E-state index contributed by atoms with van der Waals surface area (Å²) < 4.78 is 10.6. The van der Waals surface area contributed by atoms with E-state index in [-0.39, 0.29) is 11.8 Å². The fourth-order valence-electron chi connectivity index (χ4n) is 5.56. The second-order valence-corrected chi connectivity index (χ2v) is 10.3. The van der Waals surface area contributed by atoms with Gasteiger partial charge in [0.15, 0.2) is 0 Å². The lowest BCUT2D eigenvalue weighted by Crippen LogP contribution is -2.32. The van der Waals surface area contributed by atoms with E-state index in [4.69, 9.17) is 9.47 Å². The number of hydrogen-bond acceptors (Lipinski definition) is 5. The van der Waals surface area contributed by atoms with Crippen LogP contribution in [-0.2, 0) is 9.53 Å². The molecular formula is C30H37N3O5. The molecule has 0 saturated heterocycles. The smallest absolute Gasteiger partial charge is 0.337 e. The van der Waals surface area contributed by atoms with Gasteiger partial charge in [-0.05, 0) is 54.7 Å². The highest BCUT2D eigenvalue weighted by molar-refractivity contribution is 5.99. The van der Waals surface area contributed by atoms with Crippen LogP contribution in [0, 0.1) is 11.8 Å². The molecule has 0 bridgehead atoms. The summed E-state index contributed by atoms with van der Waals surface area (Å²) in [5, 5.41) is 3.96. The van der Waals surface area contributed by atoms with Crippen LogP contribution in [0.15, 0.2) is 42.6 Å². The number of benzene rings is 2. The molecular weight excluding hydrogens is 482 g/mol. The molecule has 202 valence electrons. The number of nitrogens with one attached hydrogen (secondary N) is 2. The number of methoxy groups -OCH3 is 2. The molecule has 2 N–H and O–H groups in total. The fraction of sp³-hybridized carbons (Fsp3) is 0.433. The molecule has 1 aliphatic rings. The third-order valence-electron chi connectivity index (χ3n) is 7.66. The lowest BCUT2D eigenvalue weighted by Gasteiger charge is -2.27. The Morgan fingerprint density at radius 1 is 1.03 bits per heavy atom. The summed E-state index contributed by atoms with van der Waals surface area (Å²) in [6.07, 6.45) is 6.68. The number of nitrogens with zero attached hydrogens (tertiary/aromatic N) is 1. The van der Waals surface area contributed by atoms with Gasteiger partial charge >= 0.3 is 5.97 Å². The minimum Gasteiger partial charge on any atom is -0.496 e. The zero-order chi connectivity index (χ0) is 27.4. The number of aromatic nitrogens is 1. The predicted molar refractivity (Wildman–Crippen MR) is 147 cm³/mol. The van der Waals surface area contributed by atoms with E-state index in [2.05, 4.69) is 10.3 Å². The third-order valence-corrected chi connectivity index (χ3v) is 7.66. The standard InChI is InChI=1S/C30H37N3O5/c1-18(29(35)33(2)3)27(22-12-10-21(30(36)38-5)15-26(22)37-4)24-17-31-25-13-11-20(14-23(24)25)28(34)32-16-19-8-6-7-9-19/h10-15,17-19,27,31H,6-9,16H2,1-5H3,(H,32,34). The average Bonchev–Trinajstić information content (AvgIpc) is 3.61. The molecule has 1 aliphatic carbocycles. The summed E-state index contributed by atoms with van der Waals surface area (Å²) in [4.78, 5) is 43.3. The summed E-state index contributed by atoms with van der Waals surface area (Å²) in [5.41, 5.74) is 3.44. The minimum atomic E-state index is -0.468. The molecule has 0 aliphatic heterocycles. The van der Waals surface area contributed by atoms with Crippen molar-refractivity contribution in [2.75, 3.05) is 34.9 Å². The summed E-state index contributed by atoms with van der Waals surface area (Å²) in [6, 6.07) is 10.7. The third kappa shape index (κ3) is 5.54. The van der Waals surface area contributed by atoms with Crippen molar-refractivity contribution in [2.24, 2.45) is 11.8 Å². The van der Waals surface area contributed by atoms with Crippen LogP contribution < -0.4 is 10.1 Å². The number of amides is 2. The topological polar surface area (TPSA) is 101 Å². The molecule has 0 radical (unpaired) electrons. The van der Waals surface area contributed by atoms with Crippen molar-refractivity contribution in [1.29, 1.82) is 0 Å². The number of esters is 1. The van der Waals surface area contributed by atoms with Crippen molar-refractivity contribution in [1.82, 2.24) is 15.2 Å². The van der Waals surface area contributed by atoms with Crippen LogP contribution in [0.25, 0.3) is 10.9 Å². The first-order chi connectivity index (χ1) is 18.2. The van der Waals surface area contributed by atoms with Crippen LogP contribution in [0.4, 0.5) is 0 Å². The van der Waals surface area contributed by atoms with E-state index in [1.54, 1.807) is 31.1 Å². The maximum absolute atomic E-state index is 13.2. The molecule has 0 spiro atoms. The number of aromatic amines is 1. The van der Waals surface area contributed by atoms with Gasteiger partial charge in [0.25, 0.3) is 5.91 Å². The maximum atomic E-state index is 13.2.